The molecule has 0 unspecified atom stereocenters. The summed E-state index contributed by atoms with van der Waals surface area (Å²) in [5.41, 5.74) is -5.41. The normalized spacial score (nSPS) is 21.1. The summed E-state index contributed by atoms with van der Waals surface area (Å²) in [7, 11) is -5.89. The predicted molar refractivity (Wildman–Crippen MR) is 143 cm³/mol. The lowest BCUT2D eigenvalue weighted by molar-refractivity contribution is -0.153. The van der Waals surface area contributed by atoms with Crippen LogP contribution in [-0.4, -0.2) is 61.2 Å². The molecule has 4 rings (SSSR count). The molecule has 40 heavy (non-hydrogen) atoms. The van der Waals surface area contributed by atoms with Gasteiger partial charge >= 0.3 is 15.6 Å². The van der Waals surface area contributed by atoms with Crippen LogP contribution in [0.5, 0.6) is 5.75 Å². The number of amides is 2. The van der Waals surface area contributed by atoms with Crippen molar-refractivity contribution in [1.82, 2.24) is 9.80 Å². The Labute approximate surface area is 239 Å². The number of imide groups is 1. The van der Waals surface area contributed by atoms with Crippen molar-refractivity contribution in [3.63, 3.8) is 0 Å². The number of rotatable bonds is 10. The number of carbonyl (C=O) groups excluding carboxylic acids is 2. The van der Waals surface area contributed by atoms with Crippen LogP contribution in [-0.2, 0) is 32.5 Å². The zero-order valence-electron chi connectivity index (χ0n) is 22.6. The number of alkyl halides is 3. The van der Waals surface area contributed by atoms with E-state index in [0.717, 1.165) is 44.2 Å². The molecule has 2 amide bonds. The van der Waals surface area contributed by atoms with Crippen molar-refractivity contribution in [3.8, 4) is 5.75 Å². The predicted octanol–water partition coefficient (Wildman–Crippen LogP) is 5.53. The molecular weight excluding hydrogens is 576 g/mol. The molecule has 13 heteroatoms. The molecule has 226 valence electrons. The molecule has 1 saturated carbocycles. The Morgan fingerprint density at radius 2 is 1.70 bits per heavy atom. The summed E-state index contributed by atoms with van der Waals surface area (Å²) in [6.45, 7) is 3.67. The van der Waals surface area contributed by atoms with Crippen LogP contribution in [0.1, 0.15) is 82.3 Å². The van der Waals surface area contributed by atoms with E-state index in [2.05, 4.69) is 9.08 Å². The minimum atomic E-state index is -5.89. The average Bonchev–Trinajstić information content (AvgIpc) is 3.30. The summed E-state index contributed by atoms with van der Waals surface area (Å²) in [6.07, 6.45) is 7.97. The summed E-state index contributed by atoms with van der Waals surface area (Å²) in [5.74, 6) is -1.28. The standard InChI is InChI=1S/C27H36F4N2O5S.ClH/c1-2-13-32(14-5-6-15-33-24(34)17-26(18-25(33)35)11-3-4-12-26)19-7-8-20-21(16-19)23(10-9-22(20)28)38-39(36,37)27(29,30)31;/h9-10,19H,2-8,11-18H2,1H3;1H/t19-;/m1./s1. The Kier molecular flexibility index (Phi) is 10.5. The van der Waals surface area contributed by atoms with E-state index in [1.807, 2.05) is 6.92 Å². The molecular formula is C27H37ClF4N2O5S. The zero-order chi connectivity index (χ0) is 28.4. The van der Waals surface area contributed by atoms with Gasteiger partial charge < -0.3 is 9.08 Å². The van der Waals surface area contributed by atoms with E-state index in [-0.39, 0.29) is 59.6 Å². The third kappa shape index (κ3) is 7.10. The van der Waals surface area contributed by atoms with Crippen molar-refractivity contribution in [2.75, 3.05) is 19.6 Å². The highest BCUT2D eigenvalue weighted by atomic mass is 35.5. The van der Waals surface area contributed by atoms with Gasteiger partial charge in [0.25, 0.3) is 0 Å². The molecule has 2 aliphatic carbocycles. The summed E-state index contributed by atoms with van der Waals surface area (Å²) < 4.78 is 80.9. The van der Waals surface area contributed by atoms with Crippen LogP contribution in [0, 0.1) is 11.2 Å². The first-order valence-electron chi connectivity index (χ1n) is 13.7. The average molecular weight is 613 g/mol. The molecule has 0 radical (unpaired) electrons. The van der Waals surface area contributed by atoms with Gasteiger partial charge in [-0.2, -0.15) is 21.6 Å². The molecule has 1 atom stereocenters. The first kappa shape index (κ1) is 32.6. The fourth-order valence-electron chi connectivity index (χ4n) is 6.45. The fraction of sp³-hybridized carbons (Fsp3) is 0.704. The molecule has 7 nitrogen and oxygen atoms in total. The van der Waals surface area contributed by atoms with Gasteiger partial charge in [-0.25, -0.2) is 4.39 Å². The first-order valence-corrected chi connectivity index (χ1v) is 15.1. The largest absolute Gasteiger partial charge is 0.534 e. The maximum absolute atomic E-state index is 14.5. The molecule has 3 aliphatic rings. The topological polar surface area (TPSA) is 84.0 Å². The summed E-state index contributed by atoms with van der Waals surface area (Å²) >= 11 is 0. The van der Waals surface area contributed by atoms with Crippen molar-refractivity contribution in [2.45, 2.75) is 95.5 Å². The maximum Gasteiger partial charge on any atom is 0.534 e. The van der Waals surface area contributed by atoms with E-state index in [4.69, 9.17) is 0 Å². The van der Waals surface area contributed by atoms with Gasteiger partial charge in [-0.15, -0.1) is 12.4 Å². The summed E-state index contributed by atoms with van der Waals surface area (Å²) in [5, 5.41) is 0. The third-order valence-electron chi connectivity index (χ3n) is 8.40. The van der Waals surface area contributed by atoms with E-state index in [1.165, 1.54) is 4.90 Å². The Hall–Kier alpha value is -1.92. The van der Waals surface area contributed by atoms with E-state index in [1.54, 1.807) is 0 Å². The molecule has 1 aliphatic heterocycles. The Bertz CT molecular complexity index is 1170. The lowest BCUT2D eigenvalue weighted by atomic mass is 9.76. The Morgan fingerprint density at radius 3 is 2.30 bits per heavy atom. The number of nitrogens with zero attached hydrogens (tertiary/aromatic N) is 2. The molecule has 0 N–H and O–H groups in total. The fourth-order valence-corrected chi connectivity index (χ4v) is 6.94. The summed E-state index contributed by atoms with van der Waals surface area (Å²) in [4.78, 5) is 29.0. The molecule has 0 bridgehead atoms. The van der Waals surface area contributed by atoms with Gasteiger partial charge in [0, 0.05) is 31.0 Å². The SMILES string of the molecule is CCCN(CCCCN1C(=O)CC2(CCCC2)CC1=O)[C@@H]1CCc2c(F)ccc(OS(=O)(=O)C(F)(F)F)c2C1.Cl. The molecule has 1 aromatic rings. The van der Waals surface area contributed by atoms with Crippen molar-refractivity contribution in [1.29, 1.82) is 0 Å². The molecule has 1 heterocycles. The highest BCUT2D eigenvalue weighted by Gasteiger charge is 2.49. The quantitative estimate of drug-likeness (QED) is 0.114. The highest BCUT2D eigenvalue weighted by molar-refractivity contribution is 7.88. The van der Waals surface area contributed by atoms with Crippen LogP contribution >= 0.6 is 12.4 Å². The van der Waals surface area contributed by atoms with Crippen molar-refractivity contribution in [2.24, 2.45) is 5.41 Å². The number of piperidine rings is 1. The van der Waals surface area contributed by atoms with Gasteiger partial charge in [-0.1, -0.05) is 19.8 Å². The van der Waals surface area contributed by atoms with Gasteiger partial charge in [-0.3, -0.25) is 14.5 Å². The number of fused-ring (bicyclic) bond motifs is 1. The first-order chi connectivity index (χ1) is 18.4. The maximum atomic E-state index is 14.5. The van der Waals surface area contributed by atoms with Crippen LogP contribution < -0.4 is 4.18 Å². The molecule has 1 saturated heterocycles. The van der Waals surface area contributed by atoms with Gasteiger partial charge in [-0.05, 0) is 87.6 Å². The summed E-state index contributed by atoms with van der Waals surface area (Å²) in [6, 6.07) is 1.73. The number of hydrogen-bond acceptors (Lipinski definition) is 6. The van der Waals surface area contributed by atoms with Gasteiger partial charge in [0.05, 0.1) is 0 Å². The van der Waals surface area contributed by atoms with Crippen LogP contribution in [0.25, 0.3) is 0 Å². The molecule has 1 aromatic carbocycles. The van der Waals surface area contributed by atoms with Crippen LogP contribution in [0.15, 0.2) is 12.1 Å². The van der Waals surface area contributed by atoms with Gasteiger partial charge in [0.2, 0.25) is 11.8 Å². The molecule has 1 spiro atoms. The molecule has 0 aromatic heterocycles. The number of halogens is 5. The number of benzene rings is 1. The van der Waals surface area contributed by atoms with Gasteiger partial charge in [0.1, 0.15) is 11.6 Å². The van der Waals surface area contributed by atoms with Crippen LogP contribution in [0.2, 0.25) is 0 Å². The Balaban J connectivity index is 0.00000441. The minimum Gasteiger partial charge on any atom is -0.376 e. The smallest absolute Gasteiger partial charge is 0.376 e. The number of likely N-dealkylation sites (tertiary alicyclic amines) is 1. The van der Waals surface area contributed by atoms with Gasteiger partial charge in [0.15, 0.2) is 0 Å². The monoisotopic (exact) mass is 612 g/mol. The lowest BCUT2D eigenvalue weighted by Crippen LogP contribution is -2.47. The van der Waals surface area contributed by atoms with Crippen LogP contribution in [0.4, 0.5) is 17.6 Å². The van der Waals surface area contributed by atoms with E-state index in [9.17, 15) is 35.6 Å². The molecule has 2 fully saturated rings. The third-order valence-corrected chi connectivity index (χ3v) is 9.37. The number of hydrogen-bond donors (Lipinski definition) is 0. The van der Waals surface area contributed by atoms with Crippen molar-refractivity contribution in [3.05, 3.63) is 29.1 Å². The minimum absolute atomic E-state index is 0. The lowest BCUT2D eigenvalue weighted by Gasteiger charge is -2.38. The van der Waals surface area contributed by atoms with E-state index >= 15 is 0 Å². The van der Waals surface area contributed by atoms with Crippen LogP contribution in [0.3, 0.4) is 0 Å². The second-order valence-electron chi connectivity index (χ2n) is 11.1. The Morgan fingerprint density at radius 1 is 1.05 bits per heavy atom. The number of unbranched alkanes of at least 4 members (excludes halogenated alkanes) is 1. The zero-order valence-corrected chi connectivity index (χ0v) is 24.2. The van der Waals surface area contributed by atoms with Crippen molar-refractivity contribution < 1.29 is 39.8 Å². The number of carbonyl (C=O) groups is 2. The van der Waals surface area contributed by atoms with Crippen molar-refractivity contribution >= 4 is 34.3 Å². The second-order valence-corrected chi connectivity index (χ2v) is 12.7. The van der Waals surface area contributed by atoms with E-state index in [0.29, 0.717) is 51.7 Å². The highest BCUT2D eigenvalue weighted by Crippen LogP contribution is 2.47. The second kappa shape index (κ2) is 12.9. The van der Waals surface area contributed by atoms with E-state index < -0.39 is 27.2 Å².